The van der Waals surface area contributed by atoms with E-state index < -0.39 is 79.5 Å². The number of sulfone groups is 1. The smallest absolute Gasteiger partial charge is 0.381 e. The maximum atomic E-state index is 14.5. The summed E-state index contributed by atoms with van der Waals surface area (Å²) in [6.45, 7) is -0.950. The van der Waals surface area contributed by atoms with Gasteiger partial charge in [0.25, 0.3) is 5.60 Å². The molecular formula is C33H30F9NO5S. The predicted molar refractivity (Wildman–Crippen MR) is 156 cm³/mol. The van der Waals surface area contributed by atoms with E-state index in [2.05, 4.69) is 10.1 Å². The first-order chi connectivity index (χ1) is 22.9. The van der Waals surface area contributed by atoms with Gasteiger partial charge in [0, 0.05) is 36.3 Å². The lowest BCUT2D eigenvalue weighted by Gasteiger charge is -2.38. The van der Waals surface area contributed by atoms with Gasteiger partial charge in [-0.05, 0) is 74.1 Å². The monoisotopic (exact) mass is 723 g/mol. The van der Waals surface area contributed by atoms with Gasteiger partial charge in [0.05, 0.1) is 11.5 Å². The molecule has 3 aromatic rings. The van der Waals surface area contributed by atoms with Gasteiger partial charge in [0.15, 0.2) is 9.84 Å². The van der Waals surface area contributed by atoms with Crippen molar-refractivity contribution in [1.29, 1.82) is 0 Å². The molecule has 1 heterocycles. The number of hydrogen-bond acceptors (Lipinski definition) is 5. The summed E-state index contributed by atoms with van der Waals surface area (Å²) in [5.74, 6) is -5.00. The highest BCUT2D eigenvalue weighted by atomic mass is 32.2. The largest absolute Gasteiger partial charge is 0.430 e. The lowest BCUT2D eigenvalue weighted by molar-refractivity contribution is -0.392. The van der Waals surface area contributed by atoms with Gasteiger partial charge in [0.1, 0.15) is 22.2 Å². The minimum Gasteiger partial charge on any atom is -0.381 e. The number of amides is 1. The van der Waals surface area contributed by atoms with Crippen LogP contribution in [0.5, 0.6) is 0 Å². The number of hydrogen-bond donors (Lipinski definition) is 1. The fourth-order valence-corrected chi connectivity index (χ4v) is 8.69. The summed E-state index contributed by atoms with van der Waals surface area (Å²) < 4.78 is 165. The Balaban J connectivity index is 1.57. The second kappa shape index (κ2) is 13.6. The quantitative estimate of drug-likeness (QED) is 0.184. The van der Waals surface area contributed by atoms with Crippen molar-refractivity contribution < 1.29 is 62.2 Å². The lowest BCUT2D eigenvalue weighted by atomic mass is 9.88. The third kappa shape index (κ3) is 6.78. The normalized spacial score (nSPS) is 21.1. The lowest BCUT2D eigenvalue weighted by Crippen LogP contribution is -2.56. The Morgan fingerprint density at radius 1 is 0.837 bits per heavy atom. The van der Waals surface area contributed by atoms with Gasteiger partial charge in [-0.15, -0.1) is 0 Å². The Labute approximate surface area is 275 Å². The minimum atomic E-state index is -6.22. The van der Waals surface area contributed by atoms with Crippen LogP contribution < -0.4 is 5.32 Å². The molecule has 49 heavy (non-hydrogen) atoms. The Hall–Kier alpha value is -3.63. The Morgan fingerprint density at radius 2 is 1.41 bits per heavy atom. The highest BCUT2D eigenvalue weighted by Gasteiger charge is 2.73. The van der Waals surface area contributed by atoms with Gasteiger partial charge >= 0.3 is 12.4 Å². The zero-order valence-corrected chi connectivity index (χ0v) is 26.3. The molecule has 1 aliphatic carbocycles. The second-order valence-electron chi connectivity index (χ2n) is 12.0. The van der Waals surface area contributed by atoms with Gasteiger partial charge in [-0.2, -0.15) is 26.3 Å². The topological polar surface area (TPSA) is 81.7 Å². The van der Waals surface area contributed by atoms with Crippen LogP contribution in [0, 0.1) is 23.4 Å². The van der Waals surface area contributed by atoms with E-state index in [1.807, 2.05) is 0 Å². The number of nitrogens with one attached hydrogen (secondary N) is 1. The van der Waals surface area contributed by atoms with E-state index in [-0.39, 0.29) is 35.8 Å². The molecule has 0 unspecified atom stereocenters. The molecule has 266 valence electrons. The zero-order chi connectivity index (χ0) is 35.8. The van der Waals surface area contributed by atoms with Crippen molar-refractivity contribution in [1.82, 2.24) is 5.32 Å². The van der Waals surface area contributed by atoms with Gasteiger partial charge in [-0.1, -0.05) is 30.3 Å². The molecule has 16 heteroatoms. The molecule has 1 amide bonds. The SMILES string of the molecule is O=C(NC1CCOCC1)[C@@H]1CC[C@](c2ccc(C(OCc3c(F)cccc3F)(C(F)(F)F)C(F)(F)F)cc2)(S(=O)(=O)c2ccc(F)cc2)C1. The Morgan fingerprint density at radius 3 is 1.96 bits per heavy atom. The summed E-state index contributed by atoms with van der Waals surface area (Å²) >= 11 is 0. The van der Waals surface area contributed by atoms with E-state index in [1.165, 1.54) is 0 Å². The van der Waals surface area contributed by atoms with Crippen LogP contribution in [-0.4, -0.2) is 45.9 Å². The molecule has 1 aliphatic heterocycles. The summed E-state index contributed by atoms with van der Waals surface area (Å²) in [5, 5.41) is 2.86. The highest BCUT2D eigenvalue weighted by Crippen LogP contribution is 2.55. The van der Waals surface area contributed by atoms with Crippen LogP contribution in [0.3, 0.4) is 0 Å². The highest BCUT2D eigenvalue weighted by molar-refractivity contribution is 7.92. The molecule has 0 aromatic heterocycles. The van der Waals surface area contributed by atoms with E-state index >= 15 is 0 Å². The molecule has 0 spiro atoms. The molecule has 0 radical (unpaired) electrons. The van der Waals surface area contributed by atoms with Crippen molar-refractivity contribution in [2.24, 2.45) is 5.92 Å². The van der Waals surface area contributed by atoms with E-state index in [0.29, 0.717) is 50.3 Å². The van der Waals surface area contributed by atoms with E-state index in [4.69, 9.17) is 4.74 Å². The molecule has 2 fully saturated rings. The predicted octanol–water partition coefficient (Wildman–Crippen LogP) is 7.41. The van der Waals surface area contributed by atoms with Gasteiger partial charge in [0.2, 0.25) is 5.91 Å². The second-order valence-corrected chi connectivity index (χ2v) is 14.3. The minimum absolute atomic E-state index is 0.00356. The summed E-state index contributed by atoms with van der Waals surface area (Å²) in [4.78, 5) is 12.9. The number of ether oxygens (including phenoxy) is 2. The average Bonchev–Trinajstić information content (AvgIpc) is 3.50. The fourth-order valence-electron chi connectivity index (χ4n) is 6.49. The number of halogens is 9. The third-order valence-corrected chi connectivity index (χ3v) is 11.7. The number of carbonyl (C=O) groups is 1. The molecule has 1 saturated carbocycles. The number of rotatable bonds is 9. The zero-order valence-electron chi connectivity index (χ0n) is 25.5. The molecule has 2 aliphatic rings. The molecule has 1 N–H and O–H groups in total. The molecule has 3 aromatic carbocycles. The van der Waals surface area contributed by atoms with Crippen molar-refractivity contribution in [2.75, 3.05) is 13.2 Å². The van der Waals surface area contributed by atoms with Crippen molar-refractivity contribution in [3.8, 4) is 0 Å². The van der Waals surface area contributed by atoms with Crippen LogP contribution in [0.1, 0.15) is 48.8 Å². The van der Waals surface area contributed by atoms with Crippen molar-refractivity contribution in [2.45, 2.75) is 72.3 Å². The Bertz CT molecular complexity index is 1720. The number of carbonyl (C=O) groups excluding carboxylic acids is 1. The maximum Gasteiger partial charge on any atom is 0.430 e. The van der Waals surface area contributed by atoms with Crippen molar-refractivity contribution in [3.05, 3.63) is 101 Å². The first kappa shape index (κ1) is 36.6. The summed E-state index contributed by atoms with van der Waals surface area (Å²) in [6.07, 6.45) is -12.0. The Kier molecular flexibility index (Phi) is 10.2. The summed E-state index contributed by atoms with van der Waals surface area (Å²) in [6, 6.07) is 7.95. The first-order valence-corrected chi connectivity index (χ1v) is 16.6. The molecule has 1 saturated heterocycles. The van der Waals surface area contributed by atoms with Crippen LogP contribution in [0.4, 0.5) is 39.5 Å². The van der Waals surface area contributed by atoms with Crippen LogP contribution in [-0.2, 0) is 41.1 Å². The van der Waals surface area contributed by atoms with E-state index in [1.54, 1.807) is 0 Å². The van der Waals surface area contributed by atoms with Gasteiger partial charge in [-0.3, -0.25) is 4.79 Å². The van der Waals surface area contributed by atoms with Crippen LogP contribution in [0.2, 0.25) is 0 Å². The number of alkyl halides is 6. The van der Waals surface area contributed by atoms with E-state index in [0.717, 1.165) is 42.5 Å². The van der Waals surface area contributed by atoms with Crippen molar-refractivity contribution >= 4 is 15.7 Å². The first-order valence-electron chi connectivity index (χ1n) is 15.1. The fraction of sp³-hybridized carbons (Fsp3) is 0.424. The number of benzene rings is 3. The van der Waals surface area contributed by atoms with Crippen LogP contribution in [0.25, 0.3) is 0 Å². The summed E-state index contributed by atoms with van der Waals surface area (Å²) in [5.41, 5.74) is -8.01. The molecular weight excluding hydrogens is 693 g/mol. The third-order valence-electron chi connectivity index (χ3n) is 9.16. The van der Waals surface area contributed by atoms with Gasteiger partial charge in [-0.25, -0.2) is 21.6 Å². The summed E-state index contributed by atoms with van der Waals surface area (Å²) in [7, 11) is -4.56. The maximum absolute atomic E-state index is 14.5. The molecule has 6 nitrogen and oxygen atoms in total. The molecule has 5 rings (SSSR count). The van der Waals surface area contributed by atoms with Gasteiger partial charge < -0.3 is 14.8 Å². The molecule has 0 bridgehead atoms. The average molecular weight is 724 g/mol. The van der Waals surface area contributed by atoms with E-state index in [9.17, 15) is 52.7 Å². The van der Waals surface area contributed by atoms with Crippen molar-refractivity contribution in [3.63, 3.8) is 0 Å². The standard InChI is InChI=1S/C33H30F9NO5S/c34-23-8-10-25(11-9-23)49(45,46)30(15-12-20(18-30)29(44)43-24-13-16-47-17-14-24)21-4-6-22(7-5-21)31(32(37,38)39,33(40,41)42)48-19-26-27(35)2-1-3-28(26)36/h1-11,20,24H,12-19H2,(H,43,44)/t20-,30+/m1/s1. The molecule has 2 atom stereocenters. The van der Waals surface area contributed by atoms with Crippen LogP contribution in [0.15, 0.2) is 71.6 Å². The van der Waals surface area contributed by atoms with Crippen LogP contribution >= 0.6 is 0 Å².